The lowest BCUT2D eigenvalue weighted by atomic mass is 10.0. The number of carbonyl (C=O) groups excluding carboxylic acids is 3. The number of rotatable bonds is 6. The molecule has 1 aromatic heterocycles. The Morgan fingerprint density at radius 2 is 1.33 bits per heavy atom. The molecule has 4 amide bonds. The molecular weight excluding hydrogens is 594 g/mol. The summed E-state index contributed by atoms with van der Waals surface area (Å²) >= 11 is 3.53. The van der Waals surface area contributed by atoms with Gasteiger partial charge in [0.2, 0.25) is 0 Å². The number of hydrogen-bond acceptors (Lipinski definition) is 4. The second kappa shape index (κ2) is 11.3. The summed E-state index contributed by atoms with van der Waals surface area (Å²) in [6.45, 7) is 0. The Bertz CT molecular complexity index is 1830. The van der Waals surface area contributed by atoms with Crippen LogP contribution in [-0.4, -0.2) is 29.5 Å². The van der Waals surface area contributed by atoms with Crippen molar-refractivity contribution in [2.75, 3.05) is 12.0 Å². The van der Waals surface area contributed by atoms with Crippen molar-refractivity contribution in [2.24, 2.45) is 0 Å². The molecule has 0 radical (unpaired) electrons. The van der Waals surface area contributed by atoms with Crippen LogP contribution in [0.2, 0.25) is 0 Å². The van der Waals surface area contributed by atoms with E-state index in [-0.39, 0.29) is 5.57 Å². The number of benzene rings is 4. The minimum absolute atomic E-state index is 0.157. The van der Waals surface area contributed by atoms with E-state index >= 15 is 0 Å². The fourth-order valence-electron chi connectivity index (χ4n) is 4.99. The van der Waals surface area contributed by atoms with Gasteiger partial charge in [-0.1, -0.05) is 76.6 Å². The number of halogens is 1. The van der Waals surface area contributed by atoms with Crippen molar-refractivity contribution in [3.63, 3.8) is 0 Å². The third-order valence-corrected chi connectivity index (χ3v) is 7.49. The van der Waals surface area contributed by atoms with Gasteiger partial charge in [-0.05, 0) is 71.8 Å². The van der Waals surface area contributed by atoms with Crippen molar-refractivity contribution in [2.45, 2.75) is 0 Å². The summed E-state index contributed by atoms with van der Waals surface area (Å²) < 4.78 is 8.25. The SMILES string of the molecule is COc1ccc(N2C(=O)NC(=O)/C(=C/c3cc(-c4ccccc4)n(-c4ccc(Br)cc4)c3-c3ccccc3)C2=O)cc1. The average Bonchev–Trinajstić information content (AvgIpc) is 3.40. The number of hydrogen-bond donors (Lipinski definition) is 1. The van der Waals surface area contributed by atoms with Gasteiger partial charge in [-0.25, -0.2) is 9.69 Å². The highest BCUT2D eigenvalue weighted by Gasteiger charge is 2.37. The average molecular weight is 618 g/mol. The zero-order valence-electron chi connectivity index (χ0n) is 22.5. The van der Waals surface area contributed by atoms with Gasteiger partial charge in [0.05, 0.1) is 24.2 Å². The predicted octanol–water partition coefficient (Wildman–Crippen LogP) is 7.25. The summed E-state index contributed by atoms with van der Waals surface area (Å²) in [4.78, 5) is 40.7. The van der Waals surface area contributed by atoms with E-state index in [1.54, 1.807) is 30.3 Å². The number of methoxy groups -OCH3 is 1. The summed E-state index contributed by atoms with van der Waals surface area (Å²) in [5.74, 6) is -0.900. The molecule has 0 aliphatic carbocycles. The Balaban J connectivity index is 1.57. The molecule has 8 heteroatoms. The maximum absolute atomic E-state index is 13.8. The molecule has 0 bridgehead atoms. The first-order valence-corrected chi connectivity index (χ1v) is 13.9. The molecule has 4 aromatic carbocycles. The smallest absolute Gasteiger partial charge is 0.335 e. The first kappa shape index (κ1) is 27.0. The standard InChI is InChI=1S/C34H24BrN3O4/c1-42-28-18-16-27(17-19-28)38-33(40)29(32(39)36-34(38)41)20-24-21-30(22-8-4-2-5-9-22)37(26-14-12-25(35)13-15-26)31(24)23-10-6-3-7-11-23/h2-21H,1H3,(H,36,39,41)/b29-20-. The maximum atomic E-state index is 13.8. The molecule has 1 N–H and O–H groups in total. The van der Waals surface area contributed by atoms with Crippen LogP contribution < -0.4 is 15.0 Å². The maximum Gasteiger partial charge on any atom is 0.335 e. The Morgan fingerprint density at radius 3 is 1.95 bits per heavy atom. The van der Waals surface area contributed by atoms with Gasteiger partial charge < -0.3 is 9.30 Å². The minimum Gasteiger partial charge on any atom is -0.497 e. The highest BCUT2D eigenvalue weighted by atomic mass is 79.9. The molecule has 0 atom stereocenters. The topological polar surface area (TPSA) is 80.6 Å². The Hall–Kier alpha value is -5.21. The number of aromatic nitrogens is 1. The second-order valence-corrected chi connectivity index (χ2v) is 10.4. The fourth-order valence-corrected chi connectivity index (χ4v) is 5.25. The molecule has 0 saturated carbocycles. The van der Waals surface area contributed by atoms with E-state index in [0.717, 1.165) is 37.6 Å². The van der Waals surface area contributed by atoms with E-state index < -0.39 is 17.8 Å². The van der Waals surface area contributed by atoms with Gasteiger partial charge in [-0.15, -0.1) is 0 Å². The van der Waals surface area contributed by atoms with E-state index in [9.17, 15) is 14.4 Å². The summed E-state index contributed by atoms with van der Waals surface area (Å²) in [5, 5.41) is 2.32. The number of ether oxygens (including phenoxy) is 1. The van der Waals surface area contributed by atoms with Crippen molar-refractivity contribution in [1.29, 1.82) is 0 Å². The molecule has 1 aliphatic heterocycles. The van der Waals surface area contributed by atoms with Crippen LogP contribution >= 0.6 is 15.9 Å². The number of nitrogens with one attached hydrogen (secondary N) is 1. The summed E-state index contributed by atoms with van der Waals surface area (Å²) in [6, 6.07) is 35.3. The van der Waals surface area contributed by atoms with Gasteiger partial charge in [0, 0.05) is 15.7 Å². The molecule has 1 saturated heterocycles. The third kappa shape index (κ3) is 5.04. The lowest BCUT2D eigenvalue weighted by molar-refractivity contribution is -0.122. The normalized spacial score (nSPS) is 14.3. The van der Waals surface area contributed by atoms with Crippen LogP contribution in [0.3, 0.4) is 0 Å². The van der Waals surface area contributed by atoms with Crippen molar-refractivity contribution in [3.05, 3.63) is 131 Å². The Morgan fingerprint density at radius 1 is 0.738 bits per heavy atom. The lowest BCUT2D eigenvalue weighted by Crippen LogP contribution is -2.54. The quantitative estimate of drug-likeness (QED) is 0.161. The van der Waals surface area contributed by atoms with E-state index in [4.69, 9.17) is 4.74 Å². The first-order chi connectivity index (χ1) is 20.4. The fraction of sp³-hybridized carbons (Fsp3) is 0.0294. The van der Waals surface area contributed by atoms with Gasteiger partial charge in [-0.3, -0.25) is 14.9 Å². The number of barbiturate groups is 1. The van der Waals surface area contributed by atoms with E-state index in [1.165, 1.54) is 7.11 Å². The number of imide groups is 2. The zero-order valence-corrected chi connectivity index (χ0v) is 24.0. The molecule has 0 spiro atoms. The highest BCUT2D eigenvalue weighted by molar-refractivity contribution is 9.10. The number of amides is 4. The molecule has 42 heavy (non-hydrogen) atoms. The van der Waals surface area contributed by atoms with Crippen LogP contribution in [0.4, 0.5) is 10.5 Å². The van der Waals surface area contributed by atoms with E-state index in [0.29, 0.717) is 17.0 Å². The molecule has 6 rings (SSSR count). The van der Waals surface area contributed by atoms with Crippen molar-refractivity contribution in [1.82, 2.24) is 9.88 Å². The van der Waals surface area contributed by atoms with Gasteiger partial charge in [0.1, 0.15) is 11.3 Å². The molecule has 2 heterocycles. The number of nitrogens with zero attached hydrogens (tertiary/aromatic N) is 2. The Kier molecular flexibility index (Phi) is 7.29. The largest absolute Gasteiger partial charge is 0.497 e. The lowest BCUT2D eigenvalue weighted by Gasteiger charge is -2.26. The van der Waals surface area contributed by atoms with Crippen LogP contribution in [0, 0.1) is 0 Å². The van der Waals surface area contributed by atoms with Crippen LogP contribution in [0.1, 0.15) is 5.56 Å². The number of carbonyl (C=O) groups is 3. The second-order valence-electron chi connectivity index (χ2n) is 9.53. The molecule has 1 fully saturated rings. The van der Waals surface area contributed by atoms with E-state index in [1.807, 2.05) is 91.0 Å². The minimum atomic E-state index is -0.812. The van der Waals surface area contributed by atoms with Crippen LogP contribution in [0.5, 0.6) is 5.75 Å². The molecule has 7 nitrogen and oxygen atoms in total. The number of anilines is 1. The van der Waals surface area contributed by atoms with Gasteiger partial charge >= 0.3 is 6.03 Å². The van der Waals surface area contributed by atoms with Crippen molar-refractivity contribution in [3.8, 4) is 34.0 Å². The molecule has 5 aromatic rings. The summed E-state index contributed by atoms with van der Waals surface area (Å²) in [7, 11) is 1.53. The van der Waals surface area contributed by atoms with E-state index in [2.05, 4.69) is 25.8 Å². The van der Waals surface area contributed by atoms with Gasteiger partial charge in [0.25, 0.3) is 11.8 Å². The summed E-state index contributed by atoms with van der Waals surface area (Å²) in [5.41, 5.74) is 5.21. The molecule has 206 valence electrons. The van der Waals surface area contributed by atoms with Crippen molar-refractivity contribution >= 4 is 45.5 Å². The highest BCUT2D eigenvalue weighted by Crippen LogP contribution is 2.38. The monoisotopic (exact) mass is 617 g/mol. The zero-order chi connectivity index (χ0) is 29.2. The summed E-state index contributed by atoms with van der Waals surface area (Å²) in [6.07, 6.45) is 1.56. The van der Waals surface area contributed by atoms with Crippen LogP contribution in [0.15, 0.2) is 125 Å². The predicted molar refractivity (Wildman–Crippen MR) is 166 cm³/mol. The Labute approximate surface area is 250 Å². The number of urea groups is 1. The molecular formula is C34H24BrN3O4. The molecule has 0 unspecified atom stereocenters. The molecule has 1 aliphatic rings. The van der Waals surface area contributed by atoms with Gasteiger partial charge in [-0.2, -0.15) is 0 Å². The van der Waals surface area contributed by atoms with Crippen molar-refractivity contribution < 1.29 is 19.1 Å². The van der Waals surface area contributed by atoms with Gasteiger partial charge in [0.15, 0.2) is 0 Å². The third-order valence-electron chi connectivity index (χ3n) is 6.96. The first-order valence-electron chi connectivity index (χ1n) is 13.1. The van der Waals surface area contributed by atoms with Crippen LogP contribution in [0.25, 0.3) is 34.3 Å². The van der Waals surface area contributed by atoms with Crippen LogP contribution in [-0.2, 0) is 9.59 Å².